The molecule has 0 bridgehead atoms. The molecule has 1 heterocycles. The van der Waals surface area contributed by atoms with Gasteiger partial charge < -0.3 is 15.4 Å². The van der Waals surface area contributed by atoms with Gasteiger partial charge in [0.15, 0.2) is 0 Å². The van der Waals surface area contributed by atoms with E-state index in [2.05, 4.69) is 41.0 Å². The summed E-state index contributed by atoms with van der Waals surface area (Å²) in [5.74, 6) is 1.61. The molecule has 4 rings (SSSR count). The molecule has 2 aliphatic carbocycles. The summed E-state index contributed by atoms with van der Waals surface area (Å²) in [6.07, 6.45) is 6.66. The summed E-state index contributed by atoms with van der Waals surface area (Å²) in [5.41, 5.74) is 1.49. The molecule has 0 radical (unpaired) electrons. The van der Waals surface area contributed by atoms with Crippen molar-refractivity contribution < 1.29 is 4.74 Å². The Hall–Kier alpha value is -0.610. The lowest BCUT2D eigenvalue weighted by Gasteiger charge is -2.33. The van der Waals surface area contributed by atoms with E-state index in [4.69, 9.17) is 4.74 Å². The molecule has 3 aliphatic rings. The molecule has 3 fully saturated rings. The van der Waals surface area contributed by atoms with E-state index in [9.17, 15) is 0 Å². The second kappa shape index (κ2) is 7.98. The van der Waals surface area contributed by atoms with Gasteiger partial charge in [-0.25, -0.2) is 0 Å². The van der Waals surface area contributed by atoms with Crippen molar-refractivity contribution in [2.75, 3.05) is 19.8 Å². The molecule has 23 heavy (non-hydrogen) atoms. The Balaban J connectivity index is 0.00000156. The first-order chi connectivity index (χ1) is 10.9. The molecule has 0 amide bonds. The topological polar surface area (TPSA) is 33.3 Å². The maximum Gasteiger partial charge on any atom is 0.0623 e. The Morgan fingerprint density at radius 2 is 2.00 bits per heavy atom. The Labute approximate surface area is 146 Å². The molecule has 2 saturated carbocycles. The van der Waals surface area contributed by atoms with Crippen LogP contribution in [-0.2, 0) is 11.2 Å². The van der Waals surface area contributed by atoms with Gasteiger partial charge in [0.25, 0.3) is 0 Å². The third-order valence-corrected chi connectivity index (χ3v) is 5.73. The van der Waals surface area contributed by atoms with Crippen LogP contribution in [0.4, 0.5) is 0 Å². The molecule has 0 spiro atoms. The van der Waals surface area contributed by atoms with Gasteiger partial charge >= 0.3 is 0 Å². The van der Waals surface area contributed by atoms with E-state index in [1.807, 2.05) is 0 Å². The molecule has 1 aromatic carbocycles. The SMILES string of the molecule is Cl.c1ccc(CC2CC2NC2CCCC2C2COCCN2)cc1. The minimum atomic E-state index is 0. The van der Waals surface area contributed by atoms with E-state index in [0.717, 1.165) is 37.6 Å². The highest BCUT2D eigenvalue weighted by atomic mass is 35.5. The standard InChI is InChI=1S/C19H28N2O.ClH/c1-2-5-14(6-3-1)11-15-12-18(15)21-17-8-4-7-16(17)19-13-22-10-9-20-19;/h1-3,5-6,15-21H,4,7-13H2;1H. The number of morpholine rings is 1. The summed E-state index contributed by atoms with van der Waals surface area (Å²) in [7, 11) is 0. The largest absolute Gasteiger partial charge is 0.379 e. The van der Waals surface area contributed by atoms with E-state index in [-0.39, 0.29) is 12.4 Å². The maximum atomic E-state index is 5.67. The Morgan fingerprint density at radius 1 is 1.13 bits per heavy atom. The fourth-order valence-corrected chi connectivity index (χ4v) is 4.41. The highest BCUT2D eigenvalue weighted by molar-refractivity contribution is 5.85. The van der Waals surface area contributed by atoms with E-state index in [1.54, 1.807) is 0 Å². The molecule has 5 atom stereocenters. The minimum absolute atomic E-state index is 0. The lowest BCUT2D eigenvalue weighted by atomic mass is 9.94. The quantitative estimate of drug-likeness (QED) is 0.867. The van der Waals surface area contributed by atoms with Gasteiger partial charge in [0.2, 0.25) is 0 Å². The highest BCUT2D eigenvalue weighted by Gasteiger charge is 2.42. The second-order valence-electron chi connectivity index (χ2n) is 7.30. The van der Waals surface area contributed by atoms with E-state index in [0.29, 0.717) is 12.1 Å². The van der Waals surface area contributed by atoms with Crippen molar-refractivity contribution in [3.05, 3.63) is 35.9 Å². The number of hydrogen-bond donors (Lipinski definition) is 2. The molecule has 128 valence electrons. The first kappa shape index (κ1) is 17.2. The van der Waals surface area contributed by atoms with Crippen LogP contribution in [-0.4, -0.2) is 37.9 Å². The predicted molar refractivity (Wildman–Crippen MR) is 96.2 cm³/mol. The van der Waals surface area contributed by atoms with Crippen LogP contribution in [0.2, 0.25) is 0 Å². The zero-order valence-corrected chi connectivity index (χ0v) is 14.6. The van der Waals surface area contributed by atoms with Crippen molar-refractivity contribution in [3.63, 3.8) is 0 Å². The number of rotatable bonds is 5. The van der Waals surface area contributed by atoms with Gasteiger partial charge in [0.05, 0.1) is 13.2 Å². The van der Waals surface area contributed by atoms with Crippen LogP contribution in [0.5, 0.6) is 0 Å². The lowest BCUT2D eigenvalue weighted by Crippen LogP contribution is -2.51. The number of hydrogen-bond acceptors (Lipinski definition) is 3. The van der Waals surface area contributed by atoms with Crippen LogP contribution in [0, 0.1) is 11.8 Å². The summed E-state index contributed by atoms with van der Waals surface area (Å²) in [5, 5.41) is 7.65. The van der Waals surface area contributed by atoms with E-state index < -0.39 is 0 Å². The maximum absolute atomic E-state index is 5.67. The Bertz CT molecular complexity index is 478. The first-order valence-corrected chi connectivity index (χ1v) is 9.01. The van der Waals surface area contributed by atoms with Gasteiger partial charge in [-0.3, -0.25) is 0 Å². The molecule has 1 saturated heterocycles. The Kier molecular flexibility index (Phi) is 5.97. The van der Waals surface area contributed by atoms with Gasteiger partial charge in [-0.15, -0.1) is 12.4 Å². The zero-order chi connectivity index (χ0) is 14.8. The van der Waals surface area contributed by atoms with Crippen molar-refractivity contribution in [3.8, 4) is 0 Å². The summed E-state index contributed by atoms with van der Waals surface area (Å²) in [6, 6.07) is 13.0. The molecular weight excluding hydrogens is 308 g/mol. The number of halogens is 1. The van der Waals surface area contributed by atoms with Crippen molar-refractivity contribution in [1.29, 1.82) is 0 Å². The van der Waals surface area contributed by atoms with Crippen LogP contribution >= 0.6 is 12.4 Å². The monoisotopic (exact) mass is 336 g/mol. The predicted octanol–water partition coefficient (Wildman–Crippen LogP) is 2.79. The van der Waals surface area contributed by atoms with Gasteiger partial charge in [-0.2, -0.15) is 0 Å². The minimum Gasteiger partial charge on any atom is -0.379 e. The van der Waals surface area contributed by atoms with Crippen molar-refractivity contribution in [1.82, 2.24) is 10.6 Å². The van der Waals surface area contributed by atoms with Crippen molar-refractivity contribution in [2.45, 2.75) is 50.2 Å². The van der Waals surface area contributed by atoms with Crippen LogP contribution in [0.3, 0.4) is 0 Å². The summed E-state index contributed by atoms with van der Waals surface area (Å²) >= 11 is 0. The first-order valence-electron chi connectivity index (χ1n) is 9.01. The van der Waals surface area contributed by atoms with Crippen LogP contribution in [0.25, 0.3) is 0 Å². The molecule has 0 aromatic heterocycles. The fourth-order valence-electron chi connectivity index (χ4n) is 4.41. The third-order valence-electron chi connectivity index (χ3n) is 5.73. The third kappa shape index (κ3) is 4.27. The van der Waals surface area contributed by atoms with Crippen molar-refractivity contribution in [2.24, 2.45) is 11.8 Å². The zero-order valence-electron chi connectivity index (χ0n) is 13.7. The molecule has 1 aliphatic heterocycles. The molecule has 4 heteroatoms. The van der Waals surface area contributed by atoms with E-state index in [1.165, 1.54) is 37.7 Å². The summed E-state index contributed by atoms with van der Waals surface area (Å²) in [6.45, 7) is 2.80. The van der Waals surface area contributed by atoms with Gasteiger partial charge in [-0.05, 0) is 43.1 Å². The molecule has 1 aromatic rings. The average Bonchev–Trinajstić information content (AvgIpc) is 3.11. The normalized spacial score (nSPS) is 36.4. The van der Waals surface area contributed by atoms with Gasteiger partial charge in [-0.1, -0.05) is 36.8 Å². The van der Waals surface area contributed by atoms with Gasteiger partial charge in [0.1, 0.15) is 0 Å². The summed E-state index contributed by atoms with van der Waals surface area (Å²) in [4.78, 5) is 0. The van der Waals surface area contributed by atoms with Crippen LogP contribution in [0.15, 0.2) is 30.3 Å². The number of ether oxygens (including phenoxy) is 1. The lowest BCUT2D eigenvalue weighted by molar-refractivity contribution is 0.0523. The number of benzene rings is 1. The highest BCUT2D eigenvalue weighted by Crippen LogP contribution is 2.37. The smallest absolute Gasteiger partial charge is 0.0623 e. The van der Waals surface area contributed by atoms with Crippen LogP contribution < -0.4 is 10.6 Å². The van der Waals surface area contributed by atoms with Crippen molar-refractivity contribution >= 4 is 12.4 Å². The summed E-state index contributed by atoms with van der Waals surface area (Å²) < 4.78 is 5.67. The molecule has 3 nitrogen and oxygen atoms in total. The second-order valence-corrected chi connectivity index (χ2v) is 7.30. The van der Waals surface area contributed by atoms with Crippen LogP contribution in [0.1, 0.15) is 31.2 Å². The fraction of sp³-hybridized carbons (Fsp3) is 0.684. The average molecular weight is 337 g/mol. The Morgan fingerprint density at radius 3 is 2.78 bits per heavy atom. The molecule has 5 unspecified atom stereocenters. The molecule has 2 N–H and O–H groups in total. The number of nitrogens with one attached hydrogen (secondary N) is 2. The molecular formula is C19H29ClN2O. The van der Waals surface area contributed by atoms with E-state index >= 15 is 0 Å². The van der Waals surface area contributed by atoms with Gasteiger partial charge in [0, 0.05) is 24.7 Å².